The molecule has 3 aliphatic rings. The molecule has 0 bridgehead atoms. The monoisotopic (exact) mass is 527 g/mol. The molecule has 1 spiro atoms. The van der Waals surface area contributed by atoms with Gasteiger partial charge < -0.3 is 20.2 Å². The van der Waals surface area contributed by atoms with E-state index in [1.807, 2.05) is 42.1 Å². The minimum atomic E-state index is -0.808. The van der Waals surface area contributed by atoms with Gasteiger partial charge in [-0.25, -0.2) is 0 Å². The third-order valence-electron chi connectivity index (χ3n) is 8.57. The number of aromatic nitrogens is 2. The minimum Gasteiger partial charge on any atom is -0.492 e. The van der Waals surface area contributed by atoms with Crippen LogP contribution in [0.25, 0.3) is 11.3 Å². The molecule has 1 unspecified atom stereocenters. The molecular weight excluding hydrogens is 494 g/mol. The number of aldehydes is 1. The number of likely N-dealkylation sites (tertiary alicyclic amines) is 1. The van der Waals surface area contributed by atoms with Crippen LogP contribution in [0.3, 0.4) is 0 Å². The molecule has 202 valence electrons. The first-order valence-corrected chi connectivity index (χ1v) is 13.5. The summed E-state index contributed by atoms with van der Waals surface area (Å²) in [4.78, 5) is 40.2. The van der Waals surface area contributed by atoms with Gasteiger partial charge in [0.1, 0.15) is 18.1 Å². The summed E-state index contributed by atoms with van der Waals surface area (Å²) in [5.74, 6) is -0.0370. The largest absolute Gasteiger partial charge is 0.492 e. The molecule has 1 fully saturated rings. The van der Waals surface area contributed by atoms with E-state index in [0.717, 1.165) is 66.9 Å². The van der Waals surface area contributed by atoms with Gasteiger partial charge in [0, 0.05) is 59.4 Å². The number of nitrogens with two attached hydrogens (primary N) is 1. The van der Waals surface area contributed by atoms with Crippen LogP contribution >= 0.6 is 0 Å². The average Bonchev–Trinajstić information content (AvgIpc) is 3.60. The Morgan fingerprint density at radius 1 is 1.18 bits per heavy atom. The predicted molar refractivity (Wildman–Crippen MR) is 145 cm³/mol. The molecule has 39 heavy (non-hydrogen) atoms. The third kappa shape index (κ3) is 4.40. The van der Waals surface area contributed by atoms with Gasteiger partial charge in [0.2, 0.25) is 5.91 Å². The van der Waals surface area contributed by atoms with Crippen molar-refractivity contribution >= 4 is 18.1 Å². The third-order valence-corrected chi connectivity index (χ3v) is 8.57. The zero-order valence-corrected chi connectivity index (χ0v) is 22.1. The molecule has 3 aromatic rings. The van der Waals surface area contributed by atoms with Crippen molar-refractivity contribution in [1.82, 2.24) is 19.6 Å². The molecular formula is C30H33N5O4. The second-order valence-electron chi connectivity index (χ2n) is 11.0. The van der Waals surface area contributed by atoms with Gasteiger partial charge >= 0.3 is 0 Å². The number of carbonyl (C=O) groups excluding carboxylic acids is 3. The van der Waals surface area contributed by atoms with Crippen molar-refractivity contribution in [2.75, 3.05) is 19.7 Å². The summed E-state index contributed by atoms with van der Waals surface area (Å²) < 4.78 is 8.19. The summed E-state index contributed by atoms with van der Waals surface area (Å²) >= 11 is 0. The minimum absolute atomic E-state index is 0.0882. The van der Waals surface area contributed by atoms with Crippen LogP contribution in [0, 0.1) is 0 Å². The number of fused-ring (bicyclic) bond motifs is 4. The highest BCUT2D eigenvalue weighted by atomic mass is 16.5. The summed E-state index contributed by atoms with van der Waals surface area (Å²) in [6.45, 7) is 3.57. The molecule has 9 heteroatoms. The highest BCUT2D eigenvalue weighted by Crippen LogP contribution is 2.49. The number of hydrogen-bond acceptors (Lipinski definition) is 6. The van der Waals surface area contributed by atoms with Crippen molar-refractivity contribution < 1.29 is 19.1 Å². The van der Waals surface area contributed by atoms with E-state index in [4.69, 9.17) is 15.6 Å². The molecule has 2 aromatic carbocycles. The Hall–Kier alpha value is -3.98. The highest BCUT2D eigenvalue weighted by molar-refractivity contribution is 6.02. The molecule has 9 nitrogen and oxygen atoms in total. The quantitative estimate of drug-likeness (QED) is 0.451. The van der Waals surface area contributed by atoms with E-state index >= 15 is 0 Å². The first kappa shape index (κ1) is 25.3. The van der Waals surface area contributed by atoms with Crippen LogP contribution < -0.4 is 10.5 Å². The summed E-state index contributed by atoms with van der Waals surface area (Å²) in [5.41, 5.74) is 11.4. The predicted octanol–water partition coefficient (Wildman–Crippen LogP) is 2.80. The number of amides is 2. The number of rotatable bonds is 8. The maximum Gasteiger partial charge on any atom is 0.255 e. The zero-order valence-electron chi connectivity index (χ0n) is 22.1. The van der Waals surface area contributed by atoms with Gasteiger partial charge in [0.05, 0.1) is 18.8 Å². The molecule has 6 rings (SSSR count). The molecule has 3 aliphatic heterocycles. The topological polar surface area (TPSA) is 111 Å². The number of carbonyl (C=O) groups is 3. The number of nitrogens with zero attached hydrogens (tertiary/aromatic N) is 4. The highest BCUT2D eigenvalue weighted by Gasteiger charge is 2.47. The van der Waals surface area contributed by atoms with Gasteiger partial charge in [0.25, 0.3) is 5.91 Å². The number of aryl methyl sites for hydroxylation is 1. The lowest BCUT2D eigenvalue weighted by Crippen LogP contribution is -2.44. The van der Waals surface area contributed by atoms with Crippen molar-refractivity contribution in [2.45, 2.75) is 50.2 Å². The van der Waals surface area contributed by atoms with Crippen molar-refractivity contribution in [3.05, 3.63) is 70.9 Å². The fourth-order valence-corrected chi connectivity index (χ4v) is 6.47. The van der Waals surface area contributed by atoms with Crippen LogP contribution in [0.1, 0.15) is 52.7 Å². The number of hydrogen-bond donors (Lipinski definition) is 1. The first-order chi connectivity index (χ1) is 18.9. The molecule has 2 N–H and O–H groups in total. The van der Waals surface area contributed by atoms with E-state index in [1.54, 1.807) is 0 Å². The van der Waals surface area contributed by atoms with E-state index in [9.17, 15) is 14.4 Å². The van der Waals surface area contributed by atoms with Gasteiger partial charge in [-0.1, -0.05) is 36.4 Å². The molecule has 1 atom stereocenters. The molecule has 0 radical (unpaired) electrons. The number of ether oxygens (including phenoxy) is 1. The van der Waals surface area contributed by atoms with Crippen LogP contribution in [0.15, 0.2) is 48.7 Å². The number of benzene rings is 2. The van der Waals surface area contributed by atoms with Crippen molar-refractivity contribution in [1.29, 1.82) is 0 Å². The number of piperidine rings is 1. The number of primary amides is 1. The molecule has 1 saturated heterocycles. The lowest BCUT2D eigenvalue weighted by atomic mass is 9.74. The van der Waals surface area contributed by atoms with E-state index in [-0.39, 0.29) is 30.7 Å². The van der Waals surface area contributed by atoms with E-state index < -0.39 is 11.9 Å². The van der Waals surface area contributed by atoms with Crippen molar-refractivity contribution in [3.63, 3.8) is 0 Å². The summed E-state index contributed by atoms with van der Waals surface area (Å²) in [6.07, 6.45) is 5.18. The Morgan fingerprint density at radius 3 is 2.67 bits per heavy atom. The van der Waals surface area contributed by atoms with Gasteiger partial charge in [-0.05, 0) is 38.4 Å². The maximum atomic E-state index is 13.2. The second kappa shape index (κ2) is 9.96. The normalized spacial score (nSPS) is 18.6. The summed E-state index contributed by atoms with van der Waals surface area (Å²) in [5, 5.41) is 4.72. The lowest BCUT2D eigenvalue weighted by molar-refractivity contribution is -0.122. The smallest absolute Gasteiger partial charge is 0.255 e. The van der Waals surface area contributed by atoms with E-state index in [0.29, 0.717) is 12.2 Å². The second-order valence-corrected chi connectivity index (χ2v) is 11.0. The Bertz CT molecular complexity index is 1420. The van der Waals surface area contributed by atoms with Gasteiger partial charge in [-0.2, -0.15) is 5.10 Å². The zero-order chi connectivity index (χ0) is 27.1. The summed E-state index contributed by atoms with van der Waals surface area (Å²) in [6, 6.07) is 13.4. The SMILES string of the molecule is Cn1cc(CN2CCC3(CC2)COc2c3ccc3c2CN(C(CCC=O)C(N)=O)C3=O)c(-c2ccccc2)n1. The molecule has 1 aromatic heterocycles. The summed E-state index contributed by atoms with van der Waals surface area (Å²) in [7, 11) is 1.96. The molecule has 0 saturated carbocycles. The molecule has 0 aliphatic carbocycles. The van der Waals surface area contributed by atoms with Crippen molar-refractivity contribution in [2.24, 2.45) is 12.8 Å². The van der Waals surface area contributed by atoms with Crippen LogP contribution in [-0.2, 0) is 35.1 Å². The standard InChI is InChI=1S/C30H33N5O4/c1-33-16-21(26(32-33)20-6-3-2-4-7-20)17-34-13-11-30(12-14-34)19-39-27-23-18-35(25(28(31)37)8-5-15-36)29(38)22(23)9-10-24(27)30/h2-4,6-7,9-10,15-16,25H,5,8,11-14,17-19H2,1H3,(H2,31,37). The molecule has 2 amide bonds. The van der Waals surface area contributed by atoms with Gasteiger partial charge in [-0.15, -0.1) is 0 Å². The maximum absolute atomic E-state index is 13.2. The Balaban J connectivity index is 1.18. The lowest BCUT2D eigenvalue weighted by Gasteiger charge is -2.38. The Kier molecular flexibility index (Phi) is 6.46. The Labute approximate surface area is 227 Å². The average molecular weight is 528 g/mol. The van der Waals surface area contributed by atoms with E-state index in [2.05, 4.69) is 23.2 Å². The fraction of sp³-hybridized carbons (Fsp3) is 0.400. The molecule has 4 heterocycles. The van der Waals surface area contributed by atoms with Crippen LogP contribution in [0.2, 0.25) is 0 Å². The van der Waals surface area contributed by atoms with Crippen LogP contribution in [0.5, 0.6) is 5.75 Å². The Morgan fingerprint density at radius 2 is 1.95 bits per heavy atom. The van der Waals surface area contributed by atoms with Crippen LogP contribution in [0.4, 0.5) is 0 Å². The van der Waals surface area contributed by atoms with Crippen molar-refractivity contribution in [3.8, 4) is 17.0 Å². The van der Waals surface area contributed by atoms with E-state index in [1.165, 1.54) is 10.5 Å². The van der Waals surface area contributed by atoms with Gasteiger partial charge in [0.15, 0.2) is 0 Å². The first-order valence-electron chi connectivity index (χ1n) is 13.5. The van der Waals surface area contributed by atoms with Crippen LogP contribution in [-0.4, -0.2) is 63.4 Å². The van der Waals surface area contributed by atoms with Gasteiger partial charge in [-0.3, -0.25) is 19.2 Å². The fourth-order valence-electron chi connectivity index (χ4n) is 6.47.